The van der Waals surface area contributed by atoms with E-state index in [1.807, 2.05) is 38.1 Å². The Morgan fingerprint density at radius 3 is 1.64 bits per heavy atom. The molecule has 0 spiro atoms. The lowest BCUT2D eigenvalue weighted by Gasteiger charge is -2.11. The number of pyridine rings is 2. The van der Waals surface area contributed by atoms with Gasteiger partial charge < -0.3 is 0 Å². The van der Waals surface area contributed by atoms with Crippen LogP contribution in [0.1, 0.15) is 35.7 Å². The highest BCUT2D eigenvalue weighted by Gasteiger charge is 2.28. The molecule has 2 atom stereocenters. The lowest BCUT2D eigenvalue weighted by Crippen LogP contribution is -2.16. The molecule has 0 fully saturated rings. The lowest BCUT2D eigenvalue weighted by atomic mass is 9.96. The van der Waals surface area contributed by atoms with Crippen LogP contribution in [0.5, 0.6) is 0 Å². The summed E-state index contributed by atoms with van der Waals surface area (Å²) >= 11 is 2.83. The third-order valence-corrected chi connectivity index (χ3v) is 6.60. The molecule has 0 aliphatic carbocycles. The minimum absolute atomic E-state index is 0.0442. The quantitative estimate of drug-likeness (QED) is 0.476. The fraction of sp³-hybridized carbons (Fsp3) is 0.211. The average Bonchev–Trinajstić information content (AvgIpc) is 3.44. The molecule has 0 aromatic carbocycles. The normalized spacial score (nSPS) is 13.2. The van der Waals surface area contributed by atoms with Crippen LogP contribution in [-0.4, -0.2) is 36.1 Å². The van der Waals surface area contributed by atoms with Crippen LogP contribution in [0.4, 0.5) is 0 Å². The van der Waals surface area contributed by atoms with Gasteiger partial charge in [0.05, 0.1) is 11.8 Å². The molecule has 4 heterocycles. The van der Waals surface area contributed by atoms with E-state index < -0.39 is 0 Å². The van der Waals surface area contributed by atoms with E-state index in [2.05, 4.69) is 30.4 Å². The van der Waals surface area contributed by atoms with Crippen molar-refractivity contribution in [3.63, 3.8) is 0 Å². The fourth-order valence-corrected chi connectivity index (χ4v) is 4.44. The number of carbonyl (C=O) groups excluding carboxylic acids is 1. The van der Waals surface area contributed by atoms with Crippen LogP contribution in [-0.2, 0) is 4.79 Å². The van der Waals surface area contributed by atoms with Gasteiger partial charge in [-0.25, -0.2) is 0 Å². The molecule has 0 amide bonds. The summed E-state index contributed by atoms with van der Waals surface area (Å²) in [5.41, 5.74) is 1.79. The summed E-state index contributed by atoms with van der Waals surface area (Å²) in [4.78, 5) is 21.2. The van der Waals surface area contributed by atoms with E-state index >= 15 is 0 Å². The second-order valence-electron chi connectivity index (χ2n) is 6.22. The van der Waals surface area contributed by atoms with Gasteiger partial charge in [0.15, 0.2) is 5.78 Å². The summed E-state index contributed by atoms with van der Waals surface area (Å²) in [6.45, 7) is 3.71. The van der Waals surface area contributed by atoms with Crippen molar-refractivity contribution in [1.82, 2.24) is 30.4 Å². The third kappa shape index (κ3) is 3.71. The zero-order chi connectivity index (χ0) is 19.5. The predicted octanol–water partition coefficient (Wildman–Crippen LogP) is 3.99. The van der Waals surface area contributed by atoms with Crippen molar-refractivity contribution >= 4 is 28.5 Å². The van der Waals surface area contributed by atoms with E-state index in [4.69, 9.17) is 0 Å². The van der Waals surface area contributed by atoms with Crippen molar-refractivity contribution in [3.05, 3.63) is 59.1 Å². The Labute approximate surface area is 169 Å². The van der Waals surface area contributed by atoms with Crippen molar-refractivity contribution in [3.8, 4) is 21.1 Å². The van der Waals surface area contributed by atoms with E-state index in [9.17, 15) is 4.79 Å². The Morgan fingerprint density at radius 2 is 1.25 bits per heavy atom. The summed E-state index contributed by atoms with van der Waals surface area (Å²) < 4.78 is 0. The molecule has 9 heteroatoms. The first-order chi connectivity index (χ1) is 13.6. The number of hydrogen-bond acceptors (Lipinski definition) is 9. The summed E-state index contributed by atoms with van der Waals surface area (Å²) in [5, 5.41) is 19.7. The molecule has 7 nitrogen and oxygen atoms in total. The monoisotopic (exact) mass is 408 g/mol. The van der Waals surface area contributed by atoms with Crippen LogP contribution in [0.2, 0.25) is 0 Å². The van der Waals surface area contributed by atoms with E-state index in [0.717, 1.165) is 21.1 Å². The molecule has 140 valence electrons. The molecule has 28 heavy (non-hydrogen) atoms. The van der Waals surface area contributed by atoms with Gasteiger partial charge in [-0.15, -0.1) is 20.4 Å². The standard InChI is InChI=1S/C19H16N6OS2/c1-11(16-22-24-18(27-16)13-5-3-7-20-9-13)15(26)12(2)17-23-25-19(28-17)14-6-4-8-21-10-14/h3-12H,1-2H3. The topological polar surface area (TPSA) is 94.4 Å². The Hall–Kier alpha value is -2.91. The molecule has 0 saturated carbocycles. The van der Waals surface area contributed by atoms with Crippen LogP contribution in [0, 0.1) is 0 Å². The number of rotatable bonds is 6. The summed E-state index contributed by atoms with van der Waals surface area (Å²) in [6, 6.07) is 7.55. The van der Waals surface area contributed by atoms with Gasteiger partial charge in [-0.3, -0.25) is 14.8 Å². The number of ketones is 1. The van der Waals surface area contributed by atoms with Gasteiger partial charge in [-0.05, 0) is 38.1 Å². The van der Waals surface area contributed by atoms with E-state index in [1.54, 1.807) is 24.8 Å². The molecule has 4 aromatic heterocycles. The first-order valence-electron chi connectivity index (χ1n) is 8.65. The van der Waals surface area contributed by atoms with Gasteiger partial charge in [0, 0.05) is 35.9 Å². The zero-order valence-electron chi connectivity index (χ0n) is 15.2. The van der Waals surface area contributed by atoms with Gasteiger partial charge in [0.2, 0.25) is 0 Å². The average molecular weight is 409 g/mol. The van der Waals surface area contributed by atoms with Gasteiger partial charge in [0.25, 0.3) is 0 Å². The van der Waals surface area contributed by atoms with Crippen molar-refractivity contribution in [2.45, 2.75) is 25.7 Å². The lowest BCUT2D eigenvalue weighted by molar-refractivity contribution is -0.121. The molecule has 0 aliphatic heterocycles. The first-order valence-corrected chi connectivity index (χ1v) is 10.3. The molecule has 4 aromatic rings. The summed E-state index contributed by atoms with van der Waals surface area (Å²) in [6.07, 6.45) is 6.89. The van der Waals surface area contributed by atoms with E-state index in [-0.39, 0.29) is 17.6 Å². The maximum absolute atomic E-state index is 13.0. The summed E-state index contributed by atoms with van der Waals surface area (Å²) in [5.74, 6) is -0.699. The Kier molecular flexibility index (Phi) is 5.27. The highest BCUT2D eigenvalue weighted by Crippen LogP contribution is 2.33. The first kappa shape index (κ1) is 18.5. The zero-order valence-corrected chi connectivity index (χ0v) is 16.8. The number of carbonyl (C=O) groups is 1. The highest BCUT2D eigenvalue weighted by molar-refractivity contribution is 7.15. The van der Waals surface area contributed by atoms with Crippen molar-refractivity contribution < 1.29 is 4.79 Å². The maximum atomic E-state index is 13.0. The minimum atomic E-state index is -0.372. The van der Waals surface area contributed by atoms with Gasteiger partial charge in [-0.2, -0.15) is 0 Å². The second kappa shape index (κ2) is 7.99. The van der Waals surface area contributed by atoms with Crippen LogP contribution >= 0.6 is 22.7 Å². The second-order valence-corrected chi connectivity index (χ2v) is 8.24. The van der Waals surface area contributed by atoms with Crippen molar-refractivity contribution in [2.75, 3.05) is 0 Å². The maximum Gasteiger partial charge on any atom is 0.152 e. The van der Waals surface area contributed by atoms with Crippen LogP contribution in [0.25, 0.3) is 21.1 Å². The van der Waals surface area contributed by atoms with Gasteiger partial charge in [0.1, 0.15) is 20.0 Å². The number of Topliss-reactive ketones (excluding diaryl/α,β-unsaturated/α-hetero) is 1. The van der Waals surface area contributed by atoms with Crippen molar-refractivity contribution in [1.29, 1.82) is 0 Å². The molecule has 0 bridgehead atoms. The van der Waals surface area contributed by atoms with Gasteiger partial charge >= 0.3 is 0 Å². The van der Waals surface area contributed by atoms with Crippen molar-refractivity contribution in [2.24, 2.45) is 0 Å². The molecule has 0 N–H and O–H groups in total. The number of nitrogens with zero attached hydrogens (tertiary/aromatic N) is 6. The third-order valence-electron chi connectivity index (χ3n) is 4.29. The smallest absolute Gasteiger partial charge is 0.152 e. The Balaban J connectivity index is 1.51. The molecule has 2 unspecified atom stereocenters. The predicted molar refractivity (Wildman–Crippen MR) is 108 cm³/mol. The van der Waals surface area contributed by atoms with Crippen LogP contribution < -0.4 is 0 Å². The minimum Gasteiger partial charge on any atom is -0.298 e. The summed E-state index contributed by atoms with van der Waals surface area (Å²) in [7, 11) is 0. The van der Waals surface area contributed by atoms with E-state index in [1.165, 1.54) is 22.7 Å². The largest absolute Gasteiger partial charge is 0.298 e. The molecule has 4 rings (SSSR count). The Bertz CT molecular complexity index is 994. The SMILES string of the molecule is CC(C(=O)C(C)c1nnc(-c2cccnc2)s1)c1nnc(-c2cccnc2)s1. The van der Waals surface area contributed by atoms with Gasteiger partial charge in [-0.1, -0.05) is 22.7 Å². The molecule has 0 radical (unpaired) electrons. The molecule has 0 aliphatic rings. The molecular weight excluding hydrogens is 392 g/mol. The highest BCUT2D eigenvalue weighted by atomic mass is 32.1. The van der Waals surface area contributed by atoms with Crippen LogP contribution in [0.15, 0.2) is 49.1 Å². The van der Waals surface area contributed by atoms with Crippen LogP contribution in [0.3, 0.4) is 0 Å². The van der Waals surface area contributed by atoms with E-state index in [0.29, 0.717) is 10.0 Å². The molecule has 0 saturated heterocycles. The number of hydrogen-bond donors (Lipinski definition) is 0. The Morgan fingerprint density at radius 1 is 0.786 bits per heavy atom. The number of aromatic nitrogens is 6. The fourth-order valence-electron chi connectivity index (χ4n) is 2.65. The molecular formula is C19H16N6OS2.